The lowest BCUT2D eigenvalue weighted by molar-refractivity contribution is -0.144. The Bertz CT molecular complexity index is 493. The number of carboxylic acids is 1. The molecule has 0 aromatic rings. The fourth-order valence-electron chi connectivity index (χ4n) is 2.41. The summed E-state index contributed by atoms with van der Waals surface area (Å²) >= 11 is 0. The fourth-order valence-corrected chi connectivity index (χ4v) is 2.41. The second-order valence-corrected chi connectivity index (χ2v) is 7.21. The number of esters is 1. The Morgan fingerprint density at radius 3 is 0.919 bits per heavy atom. The van der Waals surface area contributed by atoms with E-state index in [2.05, 4.69) is 0 Å². The maximum Gasteiger partial charge on any atom is 0.308 e. The molecule has 0 unspecified atom stereocenters. The lowest BCUT2D eigenvalue weighted by atomic mass is 10.5. The van der Waals surface area contributed by atoms with Crippen molar-refractivity contribution in [3.8, 4) is 0 Å². The first-order valence-electron chi connectivity index (χ1n) is 12.7. The molecule has 0 radical (unpaired) electrons. The molecule has 220 valence electrons. The second kappa shape index (κ2) is 30.8. The van der Waals surface area contributed by atoms with Gasteiger partial charge in [0.1, 0.15) is 0 Å². The van der Waals surface area contributed by atoms with Crippen LogP contribution in [-0.2, 0) is 57.0 Å². The lowest BCUT2D eigenvalue weighted by Gasteiger charge is -2.09. The van der Waals surface area contributed by atoms with E-state index < -0.39 is 5.97 Å². The maximum absolute atomic E-state index is 11.1. The Hall–Kier alpha value is -1.42. The Balaban J connectivity index is 3.05. The first-order valence-corrected chi connectivity index (χ1v) is 12.7. The van der Waals surface area contributed by atoms with Gasteiger partial charge in [-0.05, 0) is 6.92 Å². The van der Waals surface area contributed by atoms with Crippen molar-refractivity contribution in [3.63, 3.8) is 0 Å². The van der Waals surface area contributed by atoms with Gasteiger partial charge in [-0.1, -0.05) is 0 Å². The van der Waals surface area contributed by atoms with Crippen LogP contribution >= 0.6 is 0 Å². The van der Waals surface area contributed by atoms with Gasteiger partial charge in [-0.2, -0.15) is 0 Å². The summed E-state index contributed by atoms with van der Waals surface area (Å²) in [4.78, 5) is 21.4. The Morgan fingerprint density at radius 1 is 0.432 bits per heavy atom. The zero-order valence-corrected chi connectivity index (χ0v) is 22.2. The van der Waals surface area contributed by atoms with Crippen LogP contribution in [0.15, 0.2) is 0 Å². The summed E-state index contributed by atoms with van der Waals surface area (Å²) in [6.07, 6.45) is 0.249. The highest BCUT2D eigenvalue weighted by Gasteiger charge is 2.01. The van der Waals surface area contributed by atoms with Gasteiger partial charge in [-0.15, -0.1) is 0 Å². The third-order valence-electron chi connectivity index (χ3n) is 4.19. The zero-order chi connectivity index (χ0) is 27.1. The molecule has 0 heterocycles. The summed E-state index contributed by atoms with van der Waals surface area (Å²) in [5.74, 6) is -1.13. The summed E-state index contributed by atoms with van der Waals surface area (Å²) in [6.45, 7) is 9.99. The van der Waals surface area contributed by atoms with Crippen molar-refractivity contribution in [1.29, 1.82) is 0 Å². The SMILES string of the molecule is CCOC(=O)CCOCCOCCOCCOCCOCCOCCOCCOCCOCCC(=O)O. The Morgan fingerprint density at radius 2 is 0.676 bits per heavy atom. The van der Waals surface area contributed by atoms with Crippen molar-refractivity contribution in [2.45, 2.75) is 19.8 Å². The number of carbonyl (C=O) groups is 2. The third kappa shape index (κ3) is 32.6. The molecule has 0 atom stereocenters. The number of carboxylic acid groups (broad SMARTS) is 1. The number of ether oxygens (including phenoxy) is 10. The van der Waals surface area contributed by atoms with E-state index in [1.807, 2.05) is 0 Å². The molecule has 0 amide bonds. The average Bonchev–Trinajstić information content (AvgIpc) is 2.87. The minimum atomic E-state index is -0.876. The molecule has 13 heteroatoms. The molecule has 13 nitrogen and oxygen atoms in total. The molecule has 0 aliphatic heterocycles. The maximum atomic E-state index is 11.1. The van der Waals surface area contributed by atoms with E-state index in [1.54, 1.807) is 6.92 Å². The minimum Gasteiger partial charge on any atom is -0.481 e. The summed E-state index contributed by atoms with van der Waals surface area (Å²) in [5, 5.41) is 8.46. The van der Waals surface area contributed by atoms with Crippen molar-refractivity contribution >= 4 is 11.9 Å². The Labute approximate surface area is 219 Å². The predicted octanol–water partition coefficient (Wildman–Crippen LogP) is 0.564. The summed E-state index contributed by atoms with van der Waals surface area (Å²) in [6, 6.07) is 0. The van der Waals surface area contributed by atoms with E-state index >= 15 is 0 Å². The Kier molecular flexibility index (Phi) is 29.6. The topological polar surface area (TPSA) is 147 Å². The molecule has 37 heavy (non-hydrogen) atoms. The molecule has 0 rings (SSSR count). The quantitative estimate of drug-likeness (QED) is 0.0962. The van der Waals surface area contributed by atoms with Gasteiger partial charge in [0.25, 0.3) is 0 Å². The summed E-state index contributed by atoms with van der Waals surface area (Å²) in [7, 11) is 0. The van der Waals surface area contributed by atoms with Crippen LogP contribution in [0.5, 0.6) is 0 Å². The van der Waals surface area contributed by atoms with Crippen molar-refractivity contribution in [3.05, 3.63) is 0 Å². The van der Waals surface area contributed by atoms with Gasteiger partial charge in [0.15, 0.2) is 0 Å². The van der Waals surface area contributed by atoms with Crippen molar-refractivity contribution in [1.82, 2.24) is 0 Å². The molecule has 0 aliphatic carbocycles. The number of rotatable bonds is 31. The van der Waals surface area contributed by atoms with Crippen LogP contribution in [0.4, 0.5) is 0 Å². The van der Waals surface area contributed by atoms with Crippen LogP contribution < -0.4 is 0 Å². The molecule has 0 fully saturated rings. The predicted molar refractivity (Wildman–Crippen MR) is 131 cm³/mol. The van der Waals surface area contributed by atoms with Crippen LogP contribution in [0, 0.1) is 0 Å². The molecular weight excluding hydrogens is 496 g/mol. The van der Waals surface area contributed by atoms with E-state index in [0.29, 0.717) is 119 Å². The molecule has 0 saturated heterocycles. The molecule has 0 saturated carbocycles. The van der Waals surface area contributed by atoms with Crippen LogP contribution in [-0.4, -0.2) is 143 Å². The van der Waals surface area contributed by atoms with Gasteiger partial charge in [0.05, 0.1) is 138 Å². The summed E-state index contributed by atoms with van der Waals surface area (Å²) in [5.41, 5.74) is 0. The first kappa shape index (κ1) is 35.6. The van der Waals surface area contributed by atoms with Crippen LogP contribution in [0.3, 0.4) is 0 Å². The number of hydrogen-bond donors (Lipinski definition) is 1. The highest BCUT2D eigenvalue weighted by molar-refractivity contribution is 5.69. The minimum absolute atomic E-state index is 0.00340. The smallest absolute Gasteiger partial charge is 0.308 e. The molecule has 0 aromatic carbocycles. The molecule has 0 bridgehead atoms. The first-order chi connectivity index (χ1) is 18.2. The zero-order valence-electron chi connectivity index (χ0n) is 22.2. The normalized spacial score (nSPS) is 11.2. The molecule has 0 spiro atoms. The lowest BCUT2D eigenvalue weighted by Crippen LogP contribution is -2.15. The van der Waals surface area contributed by atoms with Crippen LogP contribution in [0.2, 0.25) is 0 Å². The van der Waals surface area contributed by atoms with Crippen LogP contribution in [0.1, 0.15) is 19.8 Å². The largest absolute Gasteiger partial charge is 0.481 e. The van der Waals surface area contributed by atoms with Gasteiger partial charge >= 0.3 is 11.9 Å². The van der Waals surface area contributed by atoms with Gasteiger partial charge < -0.3 is 52.5 Å². The van der Waals surface area contributed by atoms with Crippen molar-refractivity contribution in [2.24, 2.45) is 0 Å². The van der Waals surface area contributed by atoms with E-state index in [-0.39, 0.29) is 25.4 Å². The number of carbonyl (C=O) groups excluding carboxylic acids is 1. The van der Waals surface area contributed by atoms with Gasteiger partial charge in [0, 0.05) is 0 Å². The average molecular weight is 543 g/mol. The van der Waals surface area contributed by atoms with E-state index in [0.717, 1.165) is 0 Å². The van der Waals surface area contributed by atoms with E-state index in [9.17, 15) is 9.59 Å². The van der Waals surface area contributed by atoms with Gasteiger partial charge in [-0.3, -0.25) is 9.59 Å². The molecule has 1 N–H and O–H groups in total. The molecule has 0 aromatic heterocycles. The van der Waals surface area contributed by atoms with E-state index in [4.69, 9.17) is 52.5 Å². The fraction of sp³-hybridized carbons (Fsp3) is 0.917. The monoisotopic (exact) mass is 542 g/mol. The molecule has 0 aliphatic rings. The summed E-state index contributed by atoms with van der Waals surface area (Å²) < 4.78 is 52.9. The highest BCUT2D eigenvalue weighted by atomic mass is 16.6. The van der Waals surface area contributed by atoms with Crippen molar-refractivity contribution in [2.75, 3.05) is 126 Å². The highest BCUT2D eigenvalue weighted by Crippen LogP contribution is 1.89. The van der Waals surface area contributed by atoms with Gasteiger partial charge in [0.2, 0.25) is 0 Å². The number of aliphatic carboxylic acids is 1. The van der Waals surface area contributed by atoms with Crippen molar-refractivity contribution < 1.29 is 62.1 Å². The second-order valence-electron chi connectivity index (χ2n) is 7.21. The van der Waals surface area contributed by atoms with Gasteiger partial charge in [-0.25, -0.2) is 0 Å². The number of hydrogen-bond acceptors (Lipinski definition) is 12. The van der Waals surface area contributed by atoms with Crippen LogP contribution in [0.25, 0.3) is 0 Å². The third-order valence-corrected chi connectivity index (χ3v) is 4.19. The van der Waals surface area contributed by atoms with E-state index in [1.165, 1.54) is 0 Å². The molecular formula is C24H46O13. The standard InChI is InChI=1S/C24H46O13/c1-2-37-24(27)4-6-29-8-10-31-12-14-33-16-18-35-20-22-36-21-19-34-17-15-32-13-11-30-9-7-28-5-3-23(25)26/h2-22H2,1H3,(H,25,26).